The molecule has 104 valence electrons. The summed E-state index contributed by atoms with van der Waals surface area (Å²) in [4.78, 5) is 0. The molecule has 1 nitrogen and oxygen atoms in total. The molecule has 0 aliphatic heterocycles. The second-order valence-electron chi connectivity index (χ2n) is 3.61. The topological polar surface area (TPSA) is 26.0 Å². The zero-order valence-corrected chi connectivity index (χ0v) is 10.6. The van der Waals surface area contributed by atoms with Crippen molar-refractivity contribution in [3.8, 4) is 0 Å². The van der Waals surface area contributed by atoms with E-state index in [0.717, 1.165) is 12.1 Å². The third-order valence-electron chi connectivity index (χ3n) is 2.32. The number of benzene rings is 1. The van der Waals surface area contributed by atoms with Crippen molar-refractivity contribution < 1.29 is 22.0 Å². The largest absolute Gasteiger partial charge is 0.455 e. The molecule has 0 heterocycles. The molecule has 2 N–H and O–H groups in total. The summed E-state index contributed by atoms with van der Waals surface area (Å²) in [7, 11) is 0. The first-order valence-corrected chi connectivity index (χ1v) is 4.91. The molecule has 0 aromatic heterocycles. The smallest absolute Gasteiger partial charge is 0.319 e. The summed E-state index contributed by atoms with van der Waals surface area (Å²) in [5, 5.41) is 0.0934. The molecule has 0 radical (unpaired) electrons. The number of aryl methyl sites for hydroxylation is 1. The van der Waals surface area contributed by atoms with E-state index in [-0.39, 0.29) is 23.0 Å². The molecule has 0 spiro atoms. The van der Waals surface area contributed by atoms with Crippen molar-refractivity contribution in [2.75, 3.05) is 0 Å². The summed E-state index contributed by atoms with van der Waals surface area (Å²) in [6, 6.07) is 0.983. The number of hydrogen-bond donors (Lipinski definition) is 1. The summed E-state index contributed by atoms with van der Waals surface area (Å²) in [5.74, 6) is -4.99. The molecule has 0 saturated carbocycles. The summed E-state index contributed by atoms with van der Waals surface area (Å²) in [6.45, 7) is 1.60. The second-order valence-corrected chi connectivity index (χ2v) is 4.01. The summed E-state index contributed by atoms with van der Waals surface area (Å²) in [5.41, 5.74) is 5.16. The third-order valence-corrected chi connectivity index (χ3v) is 2.73. The second kappa shape index (κ2) is 5.59. The van der Waals surface area contributed by atoms with E-state index in [0.29, 0.717) is 5.56 Å². The summed E-state index contributed by atoms with van der Waals surface area (Å²) in [6.07, 6.45) is -5.69. The van der Waals surface area contributed by atoms with Crippen LogP contribution in [0.15, 0.2) is 18.2 Å². The van der Waals surface area contributed by atoms with E-state index in [1.807, 2.05) is 0 Å². The van der Waals surface area contributed by atoms with Crippen LogP contribution in [0, 0.1) is 6.92 Å². The molecule has 0 aliphatic carbocycles. The Morgan fingerprint density at radius 1 is 1.17 bits per heavy atom. The highest BCUT2D eigenvalue weighted by Gasteiger charge is 2.61. The molecule has 18 heavy (non-hydrogen) atoms. The maximum atomic E-state index is 12.9. The molecule has 1 rings (SSSR count). The van der Waals surface area contributed by atoms with Gasteiger partial charge in [-0.25, -0.2) is 0 Å². The standard InChI is InChI=1S/C10H9ClF5N.ClH/c1-5-2-3-6(4-7(5)11)8(17)9(12,13)10(14,15)16;/h2-4,8H,17H2,1H3;1H/t8-;/m1./s1. The average molecular weight is 310 g/mol. The first-order valence-electron chi connectivity index (χ1n) is 4.53. The van der Waals surface area contributed by atoms with Crippen LogP contribution in [0.5, 0.6) is 0 Å². The van der Waals surface area contributed by atoms with Crippen molar-refractivity contribution in [2.45, 2.75) is 25.1 Å². The SMILES string of the molecule is Cc1ccc([C@@H](N)C(F)(F)C(F)(F)F)cc1Cl.Cl. The zero-order valence-electron chi connectivity index (χ0n) is 9.06. The van der Waals surface area contributed by atoms with Gasteiger partial charge < -0.3 is 5.73 Å². The average Bonchev–Trinajstić information content (AvgIpc) is 2.19. The number of hydrogen-bond acceptors (Lipinski definition) is 1. The van der Waals surface area contributed by atoms with Gasteiger partial charge in [0.15, 0.2) is 0 Å². The van der Waals surface area contributed by atoms with Crippen LogP contribution in [0.3, 0.4) is 0 Å². The van der Waals surface area contributed by atoms with Crippen molar-refractivity contribution in [1.29, 1.82) is 0 Å². The van der Waals surface area contributed by atoms with Crippen molar-refractivity contribution in [3.63, 3.8) is 0 Å². The Balaban J connectivity index is 0.00000289. The lowest BCUT2D eigenvalue weighted by Gasteiger charge is -2.26. The molecule has 1 aromatic rings. The maximum absolute atomic E-state index is 12.9. The van der Waals surface area contributed by atoms with Crippen LogP contribution in [0.1, 0.15) is 17.2 Å². The molecule has 8 heteroatoms. The fraction of sp³-hybridized carbons (Fsp3) is 0.400. The van der Waals surface area contributed by atoms with Crippen LogP contribution in [-0.4, -0.2) is 12.1 Å². The van der Waals surface area contributed by atoms with Gasteiger partial charge in [-0.05, 0) is 24.1 Å². The van der Waals surface area contributed by atoms with Crippen molar-refractivity contribution in [3.05, 3.63) is 34.3 Å². The minimum Gasteiger partial charge on any atom is -0.319 e. The molecule has 0 unspecified atom stereocenters. The monoisotopic (exact) mass is 309 g/mol. The highest BCUT2D eigenvalue weighted by molar-refractivity contribution is 6.31. The van der Waals surface area contributed by atoms with E-state index in [1.54, 1.807) is 6.92 Å². The molecule has 0 saturated heterocycles. The highest BCUT2D eigenvalue weighted by atomic mass is 35.5. The quantitative estimate of drug-likeness (QED) is 0.811. The maximum Gasteiger partial charge on any atom is 0.455 e. The molecule has 0 aliphatic rings. The lowest BCUT2D eigenvalue weighted by atomic mass is 10.00. The van der Waals surface area contributed by atoms with Gasteiger partial charge in [0.1, 0.15) is 6.04 Å². The Morgan fingerprint density at radius 3 is 2.06 bits per heavy atom. The van der Waals surface area contributed by atoms with Crippen LogP contribution in [0.4, 0.5) is 22.0 Å². The van der Waals surface area contributed by atoms with Crippen LogP contribution in [0.25, 0.3) is 0 Å². The minimum atomic E-state index is -5.69. The van der Waals surface area contributed by atoms with Crippen molar-refractivity contribution in [2.24, 2.45) is 5.73 Å². The van der Waals surface area contributed by atoms with E-state index in [4.69, 9.17) is 17.3 Å². The predicted molar refractivity (Wildman–Crippen MR) is 61.4 cm³/mol. The van der Waals surface area contributed by atoms with Gasteiger partial charge in [-0.2, -0.15) is 22.0 Å². The normalized spacial score (nSPS) is 14.0. The number of alkyl halides is 5. The lowest BCUT2D eigenvalue weighted by molar-refractivity contribution is -0.291. The molecule has 0 amide bonds. The molecule has 1 atom stereocenters. The van der Waals surface area contributed by atoms with Gasteiger partial charge in [0.25, 0.3) is 0 Å². The van der Waals surface area contributed by atoms with E-state index < -0.39 is 18.1 Å². The highest BCUT2D eigenvalue weighted by Crippen LogP contribution is 2.43. The van der Waals surface area contributed by atoms with Gasteiger partial charge in [-0.3, -0.25) is 0 Å². The Hall–Kier alpha value is -0.590. The predicted octanol–water partition coefficient (Wildman–Crippen LogP) is 4.27. The number of halogens is 7. The van der Waals surface area contributed by atoms with E-state index >= 15 is 0 Å². The van der Waals surface area contributed by atoms with Crippen LogP contribution in [-0.2, 0) is 0 Å². The minimum absolute atomic E-state index is 0. The van der Waals surface area contributed by atoms with Gasteiger partial charge in [0.2, 0.25) is 0 Å². The van der Waals surface area contributed by atoms with E-state index in [9.17, 15) is 22.0 Å². The van der Waals surface area contributed by atoms with Gasteiger partial charge in [-0.15, -0.1) is 12.4 Å². The number of nitrogens with two attached hydrogens (primary N) is 1. The zero-order chi connectivity index (χ0) is 13.4. The van der Waals surface area contributed by atoms with Gasteiger partial charge in [-0.1, -0.05) is 23.7 Å². The number of rotatable bonds is 2. The van der Waals surface area contributed by atoms with Crippen LogP contribution >= 0.6 is 24.0 Å². The molecule has 0 fully saturated rings. The molecule has 1 aromatic carbocycles. The third kappa shape index (κ3) is 3.24. The van der Waals surface area contributed by atoms with Crippen molar-refractivity contribution in [1.82, 2.24) is 0 Å². The summed E-state index contributed by atoms with van der Waals surface area (Å²) < 4.78 is 62.2. The fourth-order valence-corrected chi connectivity index (χ4v) is 1.38. The first kappa shape index (κ1) is 17.4. The van der Waals surface area contributed by atoms with Gasteiger partial charge >= 0.3 is 12.1 Å². The van der Waals surface area contributed by atoms with Crippen LogP contribution in [0.2, 0.25) is 5.02 Å². The molecule has 0 bridgehead atoms. The first-order chi connectivity index (χ1) is 7.57. The lowest BCUT2D eigenvalue weighted by Crippen LogP contribution is -2.45. The molecular weight excluding hydrogens is 300 g/mol. The summed E-state index contributed by atoms with van der Waals surface area (Å²) >= 11 is 5.64. The Morgan fingerprint density at radius 2 is 1.67 bits per heavy atom. The fourth-order valence-electron chi connectivity index (χ4n) is 1.19. The van der Waals surface area contributed by atoms with Crippen LogP contribution < -0.4 is 5.73 Å². The van der Waals surface area contributed by atoms with E-state index in [2.05, 4.69) is 0 Å². The Labute approximate surface area is 112 Å². The van der Waals surface area contributed by atoms with Crippen molar-refractivity contribution >= 4 is 24.0 Å². The van der Waals surface area contributed by atoms with Gasteiger partial charge in [0, 0.05) is 5.02 Å². The molecular formula is C10H10Cl2F5N. The Bertz CT molecular complexity index is 419. The van der Waals surface area contributed by atoms with E-state index in [1.165, 1.54) is 6.07 Å². The Kier molecular flexibility index (Phi) is 5.40. The van der Waals surface area contributed by atoms with Gasteiger partial charge in [0.05, 0.1) is 0 Å².